The van der Waals surface area contributed by atoms with Gasteiger partial charge in [0.05, 0.1) is 0 Å². The van der Waals surface area contributed by atoms with E-state index in [4.69, 9.17) is 0 Å². The number of nitrogens with zero attached hydrogens (tertiary/aromatic N) is 2. The predicted octanol–water partition coefficient (Wildman–Crippen LogP) is 1.14. The highest BCUT2D eigenvalue weighted by Gasteiger charge is 2.42. The number of piperazine rings is 2. The van der Waals surface area contributed by atoms with Gasteiger partial charge in [-0.05, 0) is 12.5 Å². The van der Waals surface area contributed by atoms with Gasteiger partial charge in [-0.3, -0.25) is 14.5 Å². The van der Waals surface area contributed by atoms with Crippen molar-refractivity contribution in [3.8, 4) is 0 Å². The maximum absolute atomic E-state index is 13.8. The molecule has 0 radical (unpaired) electrons. The molecule has 124 valence electrons. The van der Waals surface area contributed by atoms with Crippen LogP contribution in [0.1, 0.15) is 25.3 Å². The van der Waals surface area contributed by atoms with Crippen LogP contribution in [0.5, 0.6) is 0 Å². The lowest BCUT2D eigenvalue weighted by Gasteiger charge is -2.45. The zero-order valence-corrected chi connectivity index (χ0v) is 13.3. The third kappa shape index (κ3) is 3.22. The normalized spacial score (nSPS) is 25.2. The molecule has 6 heteroatoms. The molecule has 2 aliphatic rings. The van der Waals surface area contributed by atoms with Crippen LogP contribution in [0.4, 0.5) is 4.39 Å². The average Bonchev–Trinajstić information content (AvgIpc) is 2.55. The van der Waals surface area contributed by atoms with Crippen molar-refractivity contribution < 1.29 is 14.0 Å². The Bertz CT molecular complexity index is 607. The van der Waals surface area contributed by atoms with E-state index in [1.165, 1.54) is 6.07 Å². The van der Waals surface area contributed by atoms with Gasteiger partial charge in [-0.15, -0.1) is 0 Å². The number of carbonyl (C=O) groups excluding carboxylic acids is 2. The van der Waals surface area contributed by atoms with E-state index in [-0.39, 0.29) is 23.7 Å². The lowest BCUT2D eigenvalue weighted by Crippen LogP contribution is -2.69. The third-order valence-electron chi connectivity index (χ3n) is 4.59. The molecule has 1 aromatic carbocycles. The first kappa shape index (κ1) is 15.9. The van der Waals surface area contributed by atoms with Crippen LogP contribution >= 0.6 is 0 Å². The maximum atomic E-state index is 13.8. The second kappa shape index (κ2) is 6.66. The summed E-state index contributed by atoms with van der Waals surface area (Å²) in [5.41, 5.74) is 0.618. The van der Waals surface area contributed by atoms with Crippen LogP contribution in [0.2, 0.25) is 0 Å². The Balaban J connectivity index is 1.68. The summed E-state index contributed by atoms with van der Waals surface area (Å²) in [6.07, 6.45) is 1.53. The van der Waals surface area contributed by atoms with Gasteiger partial charge in [0, 0.05) is 31.7 Å². The number of carbonyl (C=O) groups is 2. The summed E-state index contributed by atoms with van der Waals surface area (Å²) in [4.78, 5) is 28.5. The van der Waals surface area contributed by atoms with Crippen molar-refractivity contribution in [1.82, 2.24) is 15.1 Å². The lowest BCUT2D eigenvalue weighted by atomic mass is 10.0. The summed E-state index contributed by atoms with van der Waals surface area (Å²) >= 11 is 0. The molecule has 5 nitrogen and oxygen atoms in total. The summed E-state index contributed by atoms with van der Waals surface area (Å²) in [7, 11) is 0. The van der Waals surface area contributed by atoms with Crippen LogP contribution in [0.15, 0.2) is 24.3 Å². The van der Waals surface area contributed by atoms with Gasteiger partial charge in [0.1, 0.15) is 17.9 Å². The van der Waals surface area contributed by atoms with Crippen molar-refractivity contribution in [3.05, 3.63) is 35.6 Å². The number of rotatable bonds is 4. The Morgan fingerprint density at radius 3 is 2.78 bits per heavy atom. The van der Waals surface area contributed by atoms with Crippen LogP contribution in [0, 0.1) is 5.82 Å². The molecular weight excluding hydrogens is 297 g/mol. The second-order valence-electron chi connectivity index (χ2n) is 6.22. The summed E-state index contributed by atoms with van der Waals surface area (Å²) in [6.45, 7) is 4.08. The minimum atomic E-state index is -0.462. The number of fused-ring (bicyclic) bond motifs is 1. The molecule has 1 aromatic rings. The molecule has 23 heavy (non-hydrogen) atoms. The molecule has 0 spiro atoms. The van der Waals surface area contributed by atoms with E-state index in [1.807, 2.05) is 11.8 Å². The fraction of sp³-hybridized carbons (Fsp3) is 0.529. The number of benzene rings is 1. The highest BCUT2D eigenvalue weighted by Crippen LogP contribution is 2.20. The predicted molar refractivity (Wildman–Crippen MR) is 84.0 cm³/mol. The molecule has 3 rings (SSSR count). The quantitative estimate of drug-likeness (QED) is 0.905. The summed E-state index contributed by atoms with van der Waals surface area (Å²) in [5, 5.41) is 2.83. The molecule has 0 saturated carbocycles. The summed E-state index contributed by atoms with van der Waals surface area (Å²) in [5.74, 6) is -0.314. The van der Waals surface area contributed by atoms with E-state index in [9.17, 15) is 14.0 Å². The van der Waals surface area contributed by atoms with E-state index in [0.717, 1.165) is 6.42 Å². The molecule has 2 atom stereocenters. The van der Waals surface area contributed by atoms with Gasteiger partial charge in [-0.1, -0.05) is 31.5 Å². The van der Waals surface area contributed by atoms with E-state index in [0.29, 0.717) is 38.2 Å². The van der Waals surface area contributed by atoms with Crippen LogP contribution in [-0.2, 0) is 16.1 Å². The van der Waals surface area contributed by atoms with Crippen LogP contribution in [0.3, 0.4) is 0 Å². The molecule has 2 heterocycles. The van der Waals surface area contributed by atoms with Crippen LogP contribution < -0.4 is 5.32 Å². The first-order valence-corrected chi connectivity index (χ1v) is 8.16. The molecular formula is C17H22FN3O2. The Kier molecular flexibility index (Phi) is 4.61. The number of amides is 2. The van der Waals surface area contributed by atoms with Gasteiger partial charge in [0.25, 0.3) is 0 Å². The lowest BCUT2D eigenvalue weighted by molar-refractivity contribution is -0.153. The molecule has 0 aliphatic carbocycles. The number of nitrogens with one attached hydrogen (secondary N) is 1. The summed E-state index contributed by atoms with van der Waals surface area (Å²) < 4.78 is 13.8. The van der Waals surface area contributed by atoms with E-state index < -0.39 is 6.04 Å². The zero-order valence-electron chi connectivity index (χ0n) is 13.3. The molecule has 0 unspecified atom stereocenters. The van der Waals surface area contributed by atoms with E-state index >= 15 is 0 Å². The molecule has 1 N–H and O–H groups in total. The second-order valence-corrected chi connectivity index (χ2v) is 6.22. The van der Waals surface area contributed by atoms with Gasteiger partial charge in [-0.25, -0.2) is 4.39 Å². The maximum Gasteiger partial charge on any atom is 0.245 e. The minimum Gasteiger partial charge on any atom is -0.342 e. The molecule has 2 saturated heterocycles. The van der Waals surface area contributed by atoms with Gasteiger partial charge < -0.3 is 10.2 Å². The van der Waals surface area contributed by atoms with Gasteiger partial charge in [-0.2, -0.15) is 0 Å². The van der Waals surface area contributed by atoms with Crippen molar-refractivity contribution in [1.29, 1.82) is 0 Å². The van der Waals surface area contributed by atoms with Gasteiger partial charge in [0.15, 0.2) is 0 Å². The highest BCUT2D eigenvalue weighted by molar-refractivity contribution is 5.97. The van der Waals surface area contributed by atoms with Crippen LogP contribution in [-0.4, -0.2) is 53.3 Å². The highest BCUT2D eigenvalue weighted by atomic mass is 19.1. The molecule has 2 aliphatic heterocycles. The minimum absolute atomic E-state index is 0.0157. The van der Waals surface area contributed by atoms with Crippen molar-refractivity contribution in [3.63, 3.8) is 0 Å². The Hall–Kier alpha value is -1.95. The first-order valence-electron chi connectivity index (χ1n) is 8.16. The van der Waals surface area contributed by atoms with E-state index in [2.05, 4.69) is 5.32 Å². The molecule has 0 bridgehead atoms. The van der Waals surface area contributed by atoms with Crippen molar-refractivity contribution in [2.75, 3.05) is 19.6 Å². The van der Waals surface area contributed by atoms with Gasteiger partial charge in [0.2, 0.25) is 11.8 Å². The Morgan fingerprint density at radius 2 is 2.04 bits per heavy atom. The van der Waals surface area contributed by atoms with Gasteiger partial charge >= 0.3 is 0 Å². The van der Waals surface area contributed by atoms with E-state index in [1.54, 1.807) is 23.1 Å². The third-order valence-corrected chi connectivity index (χ3v) is 4.59. The van der Waals surface area contributed by atoms with Crippen molar-refractivity contribution in [2.45, 2.75) is 38.4 Å². The smallest absolute Gasteiger partial charge is 0.245 e. The molecule has 2 amide bonds. The monoisotopic (exact) mass is 319 g/mol. The average molecular weight is 319 g/mol. The molecule has 0 aromatic heterocycles. The van der Waals surface area contributed by atoms with Crippen molar-refractivity contribution in [2.24, 2.45) is 0 Å². The Morgan fingerprint density at radius 1 is 1.26 bits per heavy atom. The Labute approximate surface area is 135 Å². The fourth-order valence-electron chi connectivity index (χ4n) is 3.35. The fourth-order valence-corrected chi connectivity index (χ4v) is 3.35. The topological polar surface area (TPSA) is 52.7 Å². The molecule has 2 fully saturated rings. The SMILES string of the molecule is CCC[C@@H]1NC(=O)[C@H]2CN(Cc3ccccc3F)CCN2C1=O. The standard InChI is InChI=1S/C17H22FN3O2/c1-2-5-14-17(23)21-9-8-20(11-15(21)16(22)19-14)10-12-6-3-4-7-13(12)18/h3-4,6-7,14-15H,2,5,8-11H2,1H3,(H,19,22)/t14-,15+/m0/s1. The summed E-state index contributed by atoms with van der Waals surface area (Å²) in [6, 6.07) is 5.82. The number of halogens is 1. The number of hydrogen-bond acceptors (Lipinski definition) is 3. The number of hydrogen-bond donors (Lipinski definition) is 1. The largest absolute Gasteiger partial charge is 0.342 e. The zero-order chi connectivity index (χ0) is 16.4. The first-order chi connectivity index (χ1) is 11.1. The van der Waals surface area contributed by atoms with Crippen LogP contribution in [0.25, 0.3) is 0 Å². The van der Waals surface area contributed by atoms with Crippen molar-refractivity contribution >= 4 is 11.8 Å².